The van der Waals surface area contributed by atoms with Crippen LogP contribution in [0.15, 0.2) is 83.3 Å². The molecule has 0 aliphatic carbocycles. The maximum atomic E-state index is 14.7. The smallest absolute Gasteiger partial charge is 0.244 e. The number of halogens is 2. The molecule has 0 aromatic heterocycles. The van der Waals surface area contributed by atoms with Gasteiger partial charge in [0.2, 0.25) is 21.8 Å². The lowest BCUT2D eigenvalue weighted by atomic mass is 10.0. The fourth-order valence-corrected chi connectivity index (χ4v) is 5.13. The summed E-state index contributed by atoms with van der Waals surface area (Å²) >= 11 is 3.40. The van der Waals surface area contributed by atoms with Crippen LogP contribution in [-0.4, -0.2) is 50.5 Å². The fourth-order valence-electron chi connectivity index (χ4n) is 4.01. The summed E-state index contributed by atoms with van der Waals surface area (Å²) in [7, 11) is -4.03. The van der Waals surface area contributed by atoms with E-state index in [4.69, 9.17) is 0 Å². The van der Waals surface area contributed by atoms with Gasteiger partial charge in [-0.05, 0) is 41.3 Å². The Hall–Kier alpha value is -3.24. The van der Waals surface area contributed by atoms with Gasteiger partial charge in [-0.25, -0.2) is 12.8 Å². The van der Waals surface area contributed by atoms with Crippen molar-refractivity contribution in [2.24, 2.45) is 5.92 Å². The van der Waals surface area contributed by atoms with Crippen LogP contribution in [0.2, 0.25) is 0 Å². The van der Waals surface area contributed by atoms with Crippen molar-refractivity contribution < 1.29 is 22.4 Å². The molecule has 3 aromatic rings. The van der Waals surface area contributed by atoms with E-state index < -0.39 is 34.3 Å². The van der Waals surface area contributed by atoms with Gasteiger partial charge in [0.25, 0.3) is 0 Å². The number of hydrogen-bond donors (Lipinski definition) is 1. The first-order valence-electron chi connectivity index (χ1n) is 12.5. The first-order chi connectivity index (χ1) is 18.5. The van der Waals surface area contributed by atoms with E-state index in [1.54, 1.807) is 0 Å². The fraction of sp³-hybridized carbons (Fsp3) is 0.310. The van der Waals surface area contributed by atoms with Gasteiger partial charge in [-0.2, -0.15) is 0 Å². The Kier molecular flexibility index (Phi) is 10.7. The zero-order valence-electron chi connectivity index (χ0n) is 22.2. The summed E-state index contributed by atoms with van der Waals surface area (Å²) < 4.78 is 41.7. The standard InChI is InChI=1S/C29H33BrFN3O4S/c1-21(2)18-32-29(36)27(17-22-9-5-4-6-10-22)33(19-23-13-15-24(30)16-14-23)28(35)20-34(39(3,37)38)26-12-8-7-11-25(26)31/h4-16,21,27H,17-20H2,1-3H3,(H,32,36). The van der Waals surface area contributed by atoms with Crippen molar-refractivity contribution in [2.75, 3.05) is 23.7 Å². The van der Waals surface area contributed by atoms with E-state index in [0.29, 0.717) is 6.54 Å². The molecule has 39 heavy (non-hydrogen) atoms. The predicted octanol–water partition coefficient (Wildman–Crippen LogP) is 4.77. The minimum Gasteiger partial charge on any atom is -0.354 e. The molecule has 3 aromatic carbocycles. The van der Waals surface area contributed by atoms with E-state index in [9.17, 15) is 22.4 Å². The highest BCUT2D eigenvalue weighted by molar-refractivity contribution is 9.10. The van der Waals surface area contributed by atoms with Crippen molar-refractivity contribution in [1.82, 2.24) is 10.2 Å². The minimum atomic E-state index is -4.03. The highest BCUT2D eigenvalue weighted by Crippen LogP contribution is 2.23. The summed E-state index contributed by atoms with van der Waals surface area (Å²) in [5, 5.41) is 2.92. The molecule has 0 bridgehead atoms. The number of nitrogens with one attached hydrogen (secondary N) is 1. The zero-order valence-corrected chi connectivity index (χ0v) is 24.6. The van der Waals surface area contributed by atoms with Crippen LogP contribution in [0.25, 0.3) is 0 Å². The predicted molar refractivity (Wildman–Crippen MR) is 155 cm³/mol. The normalized spacial score (nSPS) is 12.2. The molecule has 0 fully saturated rings. The van der Waals surface area contributed by atoms with Crippen molar-refractivity contribution in [3.8, 4) is 0 Å². The number of para-hydroxylation sites is 1. The SMILES string of the molecule is CC(C)CNC(=O)C(Cc1ccccc1)N(Cc1ccc(Br)cc1)C(=O)CN(c1ccccc1F)S(C)(=O)=O. The van der Waals surface area contributed by atoms with Crippen LogP contribution in [0.1, 0.15) is 25.0 Å². The van der Waals surface area contributed by atoms with Crippen LogP contribution in [-0.2, 0) is 32.6 Å². The van der Waals surface area contributed by atoms with Crippen molar-refractivity contribution in [3.63, 3.8) is 0 Å². The Labute approximate surface area is 238 Å². The largest absolute Gasteiger partial charge is 0.354 e. The van der Waals surface area contributed by atoms with Crippen molar-refractivity contribution in [3.05, 3.63) is 100 Å². The van der Waals surface area contributed by atoms with Crippen LogP contribution in [0, 0.1) is 11.7 Å². The van der Waals surface area contributed by atoms with Gasteiger partial charge in [-0.3, -0.25) is 13.9 Å². The van der Waals surface area contributed by atoms with Crippen molar-refractivity contribution >= 4 is 43.5 Å². The third kappa shape index (κ3) is 8.90. The van der Waals surface area contributed by atoms with Gasteiger partial charge in [0.15, 0.2) is 0 Å². The molecule has 1 unspecified atom stereocenters. The molecule has 10 heteroatoms. The van der Waals surface area contributed by atoms with E-state index in [1.165, 1.54) is 23.1 Å². The first-order valence-corrected chi connectivity index (χ1v) is 15.2. The second-order valence-electron chi connectivity index (χ2n) is 9.71. The maximum absolute atomic E-state index is 14.7. The Morgan fingerprint density at radius 1 is 0.923 bits per heavy atom. The van der Waals surface area contributed by atoms with Crippen LogP contribution in [0.4, 0.5) is 10.1 Å². The van der Waals surface area contributed by atoms with Gasteiger partial charge < -0.3 is 10.2 Å². The average Bonchev–Trinajstić information content (AvgIpc) is 2.89. The van der Waals surface area contributed by atoms with Gasteiger partial charge in [0, 0.05) is 24.0 Å². The molecule has 0 aliphatic rings. The molecule has 0 heterocycles. The lowest BCUT2D eigenvalue weighted by Gasteiger charge is -2.33. The van der Waals surface area contributed by atoms with Crippen molar-refractivity contribution in [2.45, 2.75) is 32.9 Å². The molecule has 1 N–H and O–H groups in total. The third-order valence-electron chi connectivity index (χ3n) is 6.02. The van der Waals surface area contributed by atoms with Crippen LogP contribution < -0.4 is 9.62 Å². The number of hydrogen-bond acceptors (Lipinski definition) is 4. The van der Waals surface area contributed by atoms with Crippen LogP contribution in [0.5, 0.6) is 0 Å². The van der Waals surface area contributed by atoms with E-state index >= 15 is 0 Å². The molecule has 0 radical (unpaired) electrons. The van der Waals surface area contributed by atoms with E-state index in [2.05, 4.69) is 21.2 Å². The highest BCUT2D eigenvalue weighted by Gasteiger charge is 2.33. The molecular weight excluding hydrogens is 585 g/mol. The summed E-state index contributed by atoms with van der Waals surface area (Å²) in [5.74, 6) is -1.57. The number of benzene rings is 3. The van der Waals surface area contributed by atoms with Gasteiger partial charge in [0.05, 0.1) is 11.9 Å². The summed E-state index contributed by atoms with van der Waals surface area (Å²) in [5.41, 5.74) is 1.35. The van der Waals surface area contributed by atoms with Gasteiger partial charge >= 0.3 is 0 Å². The minimum absolute atomic E-state index is 0.0492. The Morgan fingerprint density at radius 2 is 1.54 bits per heavy atom. The Bertz CT molecular complexity index is 1370. The maximum Gasteiger partial charge on any atom is 0.244 e. The number of anilines is 1. The highest BCUT2D eigenvalue weighted by atomic mass is 79.9. The number of carbonyl (C=O) groups is 2. The van der Waals surface area contributed by atoms with Gasteiger partial charge in [0.1, 0.15) is 18.4 Å². The zero-order chi connectivity index (χ0) is 28.6. The second-order valence-corrected chi connectivity index (χ2v) is 12.5. The molecule has 7 nitrogen and oxygen atoms in total. The molecule has 0 aliphatic heterocycles. The van der Waals surface area contributed by atoms with Crippen molar-refractivity contribution in [1.29, 1.82) is 0 Å². The molecule has 208 valence electrons. The quantitative estimate of drug-likeness (QED) is 0.317. The molecule has 1 atom stereocenters. The lowest BCUT2D eigenvalue weighted by Crippen LogP contribution is -2.53. The van der Waals surface area contributed by atoms with Gasteiger partial charge in [-0.1, -0.05) is 84.4 Å². The summed E-state index contributed by atoms with van der Waals surface area (Å²) in [6, 6.07) is 21.0. The topological polar surface area (TPSA) is 86.8 Å². The summed E-state index contributed by atoms with van der Waals surface area (Å²) in [6.07, 6.45) is 1.13. The molecular formula is C29H33BrFN3O4S. The lowest BCUT2D eigenvalue weighted by molar-refractivity contribution is -0.140. The Morgan fingerprint density at radius 3 is 2.13 bits per heavy atom. The molecule has 0 spiro atoms. The number of sulfonamides is 1. The van der Waals surface area contributed by atoms with E-state index in [1.807, 2.05) is 68.4 Å². The first kappa shape index (κ1) is 30.3. The summed E-state index contributed by atoms with van der Waals surface area (Å²) in [6.45, 7) is 3.73. The summed E-state index contributed by atoms with van der Waals surface area (Å²) in [4.78, 5) is 28.9. The number of carbonyl (C=O) groups excluding carboxylic acids is 2. The average molecular weight is 619 g/mol. The third-order valence-corrected chi connectivity index (χ3v) is 7.68. The second kappa shape index (κ2) is 13.7. The molecule has 3 rings (SSSR count). The monoisotopic (exact) mass is 617 g/mol. The number of rotatable bonds is 12. The number of amides is 2. The molecule has 0 saturated heterocycles. The van der Waals surface area contributed by atoms with Crippen LogP contribution in [0.3, 0.4) is 0 Å². The van der Waals surface area contributed by atoms with E-state index in [0.717, 1.165) is 32.2 Å². The number of nitrogens with zero attached hydrogens (tertiary/aromatic N) is 2. The van der Waals surface area contributed by atoms with Gasteiger partial charge in [-0.15, -0.1) is 0 Å². The Balaban J connectivity index is 2.05. The molecule has 0 saturated carbocycles. The van der Waals surface area contributed by atoms with E-state index in [-0.39, 0.29) is 30.5 Å². The molecule has 2 amide bonds. The van der Waals surface area contributed by atoms with Crippen LogP contribution >= 0.6 is 15.9 Å².